The van der Waals surface area contributed by atoms with Gasteiger partial charge in [0.1, 0.15) is 5.75 Å². The average molecular weight is 517 g/mol. The van der Waals surface area contributed by atoms with Crippen molar-refractivity contribution in [2.45, 2.75) is 51.2 Å². The quantitative estimate of drug-likeness (QED) is 0.550. The summed E-state index contributed by atoms with van der Waals surface area (Å²) in [6, 6.07) is 2.93. The second kappa shape index (κ2) is 9.12. The third-order valence-electron chi connectivity index (χ3n) is 5.63. The number of hydrogen-bond donors (Lipinski definition) is 0. The normalized spacial score (nSPS) is 25.2. The van der Waals surface area contributed by atoms with Crippen LogP contribution in [0.2, 0.25) is 10.0 Å². The van der Waals surface area contributed by atoms with Crippen LogP contribution >= 0.6 is 23.2 Å². The molecule has 34 heavy (non-hydrogen) atoms. The lowest BCUT2D eigenvalue weighted by molar-refractivity contribution is -0.392. The van der Waals surface area contributed by atoms with E-state index in [2.05, 4.69) is 0 Å². The van der Waals surface area contributed by atoms with Gasteiger partial charge in [0.2, 0.25) is 0 Å². The van der Waals surface area contributed by atoms with Gasteiger partial charge in [0.15, 0.2) is 0 Å². The SMILES string of the molecule is CCOc1cc(Cl)c(Cl)cc1N1CCN2OC(=O)CCC(=O)O[C@@]2(C)C12OC(=O)CCC(=O)O2. The number of carbonyl (C=O) groups excluding carboxylic acids is 4. The van der Waals surface area contributed by atoms with Crippen LogP contribution in [-0.2, 0) is 38.2 Å². The van der Waals surface area contributed by atoms with E-state index in [1.165, 1.54) is 24.0 Å². The third kappa shape index (κ3) is 4.12. The Kier molecular flexibility index (Phi) is 6.54. The van der Waals surface area contributed by atoms with Crippen molar-refractivity contribution in [2.24, 2.45) is 0 Å². The molecule has 0 unspecified atom stereocenters. The molecule has 0 radical (unpaired) electrons. The topological polar surface area (TPSA) is 121 Å². The molecule has 3 saturated heterocycles. The van der Waals surface area contributed by atoms with E-state index in [0.29, 0.717) is 0 Å². The molecule has 13 heteroatoms. The van der Waals surface area contributed by atoms with Crippen LogP contribution in [-0.4, -0.2) is 60.3 Å². The van der Waals surface area contributed by atoms with E-state index in [-0.39, 0.29) is 66.9 Å². The molecule has 4 rings (SSSR count). The zero-order valence-corrected chi connectivity index (χ0v) is 19.9. The molecule has 1 aromatic carbocycles. The highest BCUT2D eigenvalue weighted by atomic mass is 35.5. The highest BCUT2D eigenvalue weighted by Crippen LogP contribution is 2.49. The van der Waals surface area contributed by atoms with Gasteiger partial charge in [0, 0.05) is 19.5 Å². The molecule has 1 aromatic rings. The molecule has 1 atom stereocenters. The number of nitrogens with zero attached hydrogens (tertiary/aromatic N) is 2. The van der Waals surface area contributed by atoms with Gasteiger partial charge >= 0.3 is 29.8 Å². The molecule has 184 valence electrons. The van der Waals surface area contributed by atoms with Crippen molar-refractivity contribution in [3.8, 4) is 5.75 Å². The maximum Gasteiger partial charge on any atom is 0.402 e. The number of hydrogen-bond acceptors (Lipinski definition) is 11. The Labute approximate surface area is 204 Å². The van der Waals surface area contributed by atoms with Crippen molar-refractivity contribution >= 4 is 52.8 Å². The molecule has 3 aliphatic heterocycles. The van der Waals surface area contributed by atoms with Gasteiger partial charge in [-0.3, -0.25) is 24.1 Å². The molecule has 0 N–H and O–H groups in total. The van der Waals surface area contributed by atoms with Crippen LogP contribution in [0.5, 0.6) is 5.75 Å². The number of ether oxygens (including phenoxy) is 4. The van der Waals surface area contributed by atoms with Crippen LogP contribution < -0.4 is 9.64 Å². The lowest BCUT2D eigenvalue weighted by Crippen LogP contribution is -2.79. The number of fused-ring (bicyclic) bond motifs is 2. The van der Waals surface area contributed by atoms with E-state index in [1.807, 2.05) is 0 Å². The number of benzene rings is 1. The highest BCUT2D eigenvalue weighted by Gasteiger charge is 2.71. The van der Waals surface area contributed by atoms with Crippen LogP contribution in [0.25, 0.3) is 0 Å². The Morgan fingerprint density at radius 1 is 0.882 bits per heavy atom. The summed E-state index contributed by atoms with van der Waals surface area (Å²) in [7, 11) is 0. The van der Waals surface area contributed by atoms with E-state index in [9.17, 15) is 19.2 Å². The Balaban J connectivity index is 1.95. The maximum absolute atomic E-state index is 12.7. The fourth-order valence-corrected chi connectivity index (χ4v) is 4.38. The first-order valence-corrected chi connectivity index (χ1v) is 11.4. The lowest BCUT2D eigenvalue weighted by Gasteiger charge is -2.56. The first kappa shape index (κ1) is 24.4. The summed E-state index contributed by atoms with van der Waals surface area (Å²) in [5.74, 6) is -5.18. The van der Waals surface area contributed by atoms with Gasteiger partial charge in [0.05, 0.1) is 54.6 Å². The maximum atomic E-state index is 12.7. The molecule has 3 fully saturated rings. The Morgan fingerprint density at radius 3 is 2.06 bits per heavy atom. The van der Waals surface area contributed by atoms with Crippen molar-refractivity contribution in [3.05, 3.63) is 22.2 Å². The predicted octanol–water partition coefficient (Wildman–Crippen LogP) is 2.56. The van der Waals surface area contributed by atoms with Crippen molar-refractivity contribution in [2.75, 3.05) is 24.6 Å². The smallest absolute Gasteiger partial charge is 0.402 e. The number of halogens is 2. The molecule has 3 heterocycles. The van der Waals surface area contributed by atoms with Gasteiger partial charge in [-0.2, -0.15) is 0 Å². The molecule has 0 aliphatic carbocycles. The van der Waals surface area contributed by atoms with Crippen LogP contribution in [0.4, 0.5) is 5.69 Å². The van der Waals surface area contributed by atoms with Gasteiger partial charge < -0.3 is 23.8 Å². The first-order valence-electron chi connectivity index (χ1n) is 10.6. The van der Waals surface area contributed by atoms with E-state index in [0.717, 1.165) is 5.06 Å². The number of piperazine rings is 1. The molecule has 11 nitrogen and oxygen atoms in total. The van der Waals surface area contributed by atoms with E-state index < -0.39 is 35.5 Å². The fraction of sp³-hybridized carbons (Fsp3) is 0.524. The van der Waals surface area contributed by atoms with E-state index in [1.54, 1.807) is 6.92 Å². The summed E-state index contributed by atoms with van der Waals surface area (Å²) >= 11 is 12.5. The summed E-state index contributed by atoms with van der Waals surface area (Å²) in [4.78, 5) is 57.1. The van der Waals surface area contributed by atoms with Crippen LogP contribution in [0.15, 0.2) is 12.1 Å². The Bertz CT molecular complexity index is 1030. The largest absolute Gasteiger partial charge is 0.492 e. The van der Waals surface area contributed by atoms with E-state index >= 15 is 0 Å². The second-order valence-corrected chi connectivity index (χ2v) is 8.69. The number of anilines is 1. The molecule has 0 saturated carbocycles. The Morgan fingerprint density at radius 2 is 1.44 bits per heavy atom. The van der Waals surface area contributed by atoms with Crippen LogP contribution in [0.1, 0.15) is 39.5 Å². The number of esters is 3. The molecular formula is C21H22Cl2N2O9. The first-order chi connectivity index (χ1) is 16.1. The van der Waals surface area contributed by atoms with Gasteiger partial charge in [-0.15, -0.1) is 0 Å². The Hall–Kier alpha value is -2.76. The summed E-state index contributed by atoms with van der Waals surface area (Å²) in [5, 5.41) is 1.40. The van der Waals surface area contributed by atoms with Crippen molar-refractivity contribution < 1.29 is 43.0 Å². The number of rotatable bonds is 3. The monoisotopic (exact) mass is 516 g/mol. The second-order valence-electron chi connectivity index (χ2n) is 7.87. The minimum Gasteiger partial charge on any atom is -0.492 e. The molecule has 3 aliphatic rings. The molecular weight excluding hydrogens is 495 g/mol. The van der Waals surface area contributed by atoms with Crippen LogP contribution in [0.3, 0.4) is 0 Å². The minimum atomic E-state index is -2.38. The zero-order chi connectivity index (χ0) is 24.7. The van der Waals surface area contributed by atoms with Gasteiger partial charge in [-0.1, -0.05) is 28.3 Å². The fourth-order valence-electron chi connectivity index (χ4n) is 4.07. The van der Waals surface area contributed by atoms with Crippen LogP contribution in [0, 0.1) is 0 Å². The van der Waals surface area contributed by atoms with E-state index in [4.69, 9.17) is 47.0 Å². The summed E-state index contributed by atoms with van der Waals surface area (Å²) < 4.78 is 22.9. The molecule has 0 aromatic heterocycles. The summed E-state index contributed by atoms with van der Waals surface area (Å²) in [6.45, 7) is 3.31. The van der Waals surface area contributed by atoms with Gasteiger partial charge in [-0.25, -0.2) is 0 Å². The number of carbonyl (C=O) groups is 4. The summed E-state index contributed by atoms with van der Waals surface area (Å²) in [6.07, 6.45) is -1.02. The number of hydroxylamine groups is 2. The van der Waals surface area contributed by atoms with Gasteiger partial charge in [0.25, 0.3) is 5.72 Å². The zero-order valence-electron chi connectivity index (χ0n) is 18.4. The van der Waals surface area contributed by atoms with Gasteiger partial charge in [-0.05, 0) is 13.0 Å². The summed E-state index contributed by atoms with van der Waals surface area (Å²) in [5.41, 5.74) is -1.83. The molecule has 0 bridgehead atoms. The third-order valence-corrected chi connectivity index (χ3v) is 6.35. The van der Waals surface area contributed by atoms with Crippen molar-refractivity contribution in [1.82, 2.24) is 5.06 Å². The average Bonchev–Trinajstić information content (AvgIpc) is 2.92. The predicted molar refractivity (Wildman–Crippen MR) is 116 cm³/mol. The standard InChI is InChI=1S/C21H22Cl2N2O9/c1-3-30-15-11-13(23)12(22)10-14(15)24-8-9-25-20(2,31-16(26)6-7-19(29)34-25)21(24)32-17(27)4-5-18(28)33-21/h10-11H,3-9H2,1-2H3/t20-/m0/s1. The molecule has 0 amide bonds. The van der Waals surface area contributed by atoms with Crippen molar-refractivity contribution in [3.63, 3.8) is 0 Å². The minimum absolute atomic E-state index is 0.0149. The lowest BCUT2D eigenvalue weighted by atomic mass is 10.0. The highest BCUT2D eigenvalue weighted by molar-refractivity contribution is 6.42. The van der Waals surface area contributed by atoms with Crippen molar-refractivity contribution in [1.29, 1.82) is 0 Å². The molecule has 1 spiro atoms.